The fourth-order valence-electron chi connectivity index (χ4n) is 3.44. The van der Waals surface area contributed by atoms with Gasteiger partial charge >= 0.3 is 0 Å². The van der Waals surface area contributed by atoms with Crippen LogP contribution in [0.1, 0.15) is 67.5 Å². The maximum atomic E-state index is 13.2. The molecule has 3 rings (SSSR count). The molecule has 0 saturated carbocycles. The average molecular weight is 422 g/mol. The number of aryl methyl sites for hydroxylation is 1. The molecule has 1 saturated heterocycles. The molecule has 1 atom stereocenters. The molecule has 29 heavy (non-hydrogen) atoms. The van der Waals surface area contributed by atoms with Gasteiger partial charge in [-0.15, -0.1) is 0 Å². The van der Waals surface area contributed by atoms with Gasteiger partial charge in [-0.3, -0.25) is 4.79 Å². The van der Waals surface area contributed by atoms with E-state index in [0.29, 0.717) is 60.1 Å². The maximum absolute atomic E-state index is 13.2. The molecule has 1 aromatic heterocycles. The quantitative estimate of drug-likeness (QED) is 0.578. The predicted octanol–water partition coefficient (Wildman–Crippen LogP) is 4.63. The number of rotatable bonds is 8. The second-order valence-corrected chi connectivity index (χ2v) is 7.60. The summed E-state index contributed by atoms with van der Waals surface area (Å²) in [4.78, 5) is 19.3. The van der Waals surface area contributed by atoms with Crippen LogP contribution in [0.15, 0.2) is 16.7 Å². The van der Waals surface area contributed by atoms with Gasteiger partial charge in [-0.05, 0) is 45.2 Å². The highest BCUT2D eigenvalue weighted by Gasteiger charge is 2.29. The standard InChI is InChI=1S/C21H28ClN3O4/c1-4-6-10-28-19-17(22)11-16(12-18(19)27-5-2)21(26)25-9-7-8-15(13-25)20-23-14(3)24-29-20/h11-12,15H,4-10,13H2,1-3H3. The van der Waals surface area contributed by atoms with Crippen LogP contribution < -0.4 is 9.47 Å². The topological polar surface area (TPSA) is 77.7 Å². The van der Waals surface area contributed by atoms with Crippen molar-refractivity contribution in [2.75, 3.05) is 26.3 Å². The molecule has 1 amide bonds. The summed E-state index contributed by atoms with van der Waals surface area (Å²) in [5, 5.41) is 4.25. The van der Waals surface area contributed by atoms with Crippen molar-refractivity contribution >= 4 is 17.5 Å². The third-order valence-corrected chi connectivity index (χ3v) is 5.18. The number of carbonyl (C=O) groups is 1. The number of nitrogens with zero attached hydrogens (tertiary/aromatic N) is 3. The Morgan fingerprint density at radius 2 is 2.17 bits per heavy atom. The summed E-state index contributed by atoms with van der Waals surface area (Å²) in [6.07, 6.45) is 3.74. The Balaban J connectivity index is 1.78. The van der Waals surface area contributed by atoms with E-state index >= 15 is 0 Å². The van der Waals surface area contributed by atoms with E-state index in [9.17, 15) is 4.79 Å². The van der Waals surface area contributed by atoms with E-state index < -0.39 is 0 Å². The largest absolute Gasteiger partial charge is 0.490 e. The second kappa shape index (κ2) is 9.96. The minimum absolute atomic E-state index is 0.0485. The molecule has 0 bridgehead atoms. The van der Waals surface area contributed by atoms with Gasteiger partial charge in [0.1, 0.15) is 0 Å². The Kier molecular flexibility index (Phi) is 7.36. The molecule has 0 radical (unpaired) electrons. The van der Waals surface area contributed by atoms with Gasteiger partial charge in [0.25, 0.3) is 5.91 Å². The van der Waals surface area contributed by atoms with Crippen molar-refractivity contribution in [2.45, 2.75) is 52.4 Å². The first-order chi connectivity index (χ1) is 14.0. The van der Waals surface area contributed by atoms with Gasteiger partial charge < -0.3 is 18.9 Å². The van der Waals surface area contributed by atoms with Crippen molar-refractivity contribution in [2.24, 2.45) is 0 Å². The summed E-state index contributed by atoms with van der Waals surface area (Å²) < 4.78 is 16.8. The number of benzene rings is 1. The van der Waals surface area contributed by atoms with E-state index in [1.54, 1.807) is 19.1 Å². The molecule has 1 aromatic carbocycles. The Bertz CT molecular complexity index is 839. The van der Waals surface area contributed by atoms with Crippen molar-refractivity contribution < 1.29 is 18.8 Å². The molecule has 2 heterocycles. The molecule has 1 unspecified atom stereocenters. The summed E-state index contributed by atoms with van der Waals surface area (Å²) in [5.41, 5.74) is 0.489. The Hall–Kier alpha value is -2.28. The molecule has 158 valence electrons. The van der Waals surface area contributed by atoms with Crippen LogP contribution in [0.3, 0.4) is 0 Å². The van der Waals surface area contributed by atoms with E-state index in [1.165, 1.54) is 0 Å². The number of amides is 1. The first-order valence-electron chi connectivity index (χ1n) is 10.2. The Morgan fingerprint density at radius 3 is 2.86 bits per heavy atom. The minimum Gasteiger partial charge on any atom is -0.490 e. The SMILES string of the molecule is CCCCOc1c(Cl)cc(C(=O)N2CCCC(c3nc(C)no3)C2)cc1OCC. The molecular weight excluding hydrogens is 394 g/mol. The van der Waals surface area contributed by atoms with Crippen molar-refractivity contribution in [3.63, 3.8) is 0 Å². The van der Waals surface area contributed by atoms with Crippen molar-refractivity contribution in [3.05, 3.63) is 34.4 Å². The van der Waals surface area contributed by atoms with Gasteiger partial charge in [-0.25, -0.2) is 0 Å². The summed E-state index contributed by atoms with van der Waals surface area (Å²) in [6, 6.07) is 3.38. The summed E-state index contributed by atoms with van der Waals surface area (Å²) in [7, 11) is 0. The number of unbranched alkanes of at least 4 members (excludes halogenated alkanes) is 1. The number of hydrogen-bond donors (Lipinski definition) is 0. The van der Waals surface area contributed by atoms with E-state index in [2.05, 4.69) is 17.1 Å². The summed E-state index contributed by atoms with van der Waals surface area (Å²) >= 11 is 6.45. The summed E-state index contributed by atoms with van der Waals surface area (Å²) in [6.45, 7) is 8.01. The number of carbonyl (C=O) groups excluding carboxylic acids is 1. The first kappa shape index (κ1) is 21.4. The lowest BCUT2D eigenvalue weighted by molar-refractivity contribution is 0.0695. The van der Waals surface area contributed by atoms with Gasteiger partial charge in [-0.1, -0.05) is 30.1 Å². The lowest BCUT2D eigenvalue weighted by atomic mass is 9.97. The Labute approximate surface area is 176 Å². The molecule has 7 nitrogen and oxygen atoms in total. The minimum atomic E-state index is -0.0890. The highest BCUT2D eigenvalue weighted by atomic mass is 35.5. The van der Waals surface area contributed by atoms with E-state index in [4.69, 9.17) is 25.6 Å². The predicted molar refractivity (Wildman–Crippen MR) is 110 cm³/mol. The molecule has 0 spiro atoms. The van der Waals surface area contributed by atoms with Crippen molar-refractivity contribution in [3.8, 4) is 11.5 Å². The molecule has 0 aliphatic carbocycles. The van der Waals surface area contributed by atoms with Gasteiger partial charge in [0.15, 0.2) is 17.3 Å². The highest BCUT2D eigenvalue weighted by molar-refractivity contribution is 6.32. The zero-order valence-electron chi connectivity index (χ0n) is 17.2. The van der Waals surface area contributed by atoms with E-state index in [0.717, 1.165) is 25.7 Å². The highest BCUT2D eigenvalue weighted by Crippen LogP contribution is 2.37. The van der Waals surface area contributed by atoms with Crippen LogP contribution in [0, 0.1) is 6.92 Å². The van der Waals surface area contributed by atoms with Crippen LogP contribution in [0.2, 0.25) is 5.02 Å². The zero-order chi connectivity index (χ0) is 20.8. The first-order valence-corrected chi connectivity index (χ1v) is 10.6. The maximum Gasteiger partial charge on any atom is 0.254 e. The fourth-order valence-corrected chi connectivity index (χ4v) is 3.70. The normalized spacial score (nSPS) is 16.7. The number of hydrogen-bond acceptors (Lipinski definition) is 6. The van der Waals surface area contributed by atoms with Crippen LogP contribution in [-0.2, 0) is 0 Å². The lowest BCUT2D eigenvalue weighted by Gasteiger charge is -2.31. The van der Waals surface area contributed by atoms with E-state index in [1.807, 2.05) is 11.8 Å². The third kappa shape index (κ3) is 5.21. The fraction of sp³-hybridized carbons (Fsp3) is 0.571. The smallest absolute Gasteiger partial charge is 0.254 e. The Morgan fingerprint density at radius 1 is 1.34 bits per heavy atom. The molecule has 1 aliphatic heterocycles. The van der Waals surface area contributed by atoms with Crippen LogP contribution in [0.25, 0.3) is 0 Å². The number of aromatic nitrogens is 2. The van der Waals surface area contributed by atoms with E-state index in [-0.39, 0.29) is 11.8 Å². The number of ether oxygens (including phenoxy) is 2. The average Bonchev–Trinajstić information content (AvgIpc) is 3.16. The van der Waals surface area contributed by atoms with Crippen LogP contribution in [0.4, 0.5) is 0 Å². The second-order valence-electron chi connectivity index (χ2n) is 7.19. The molecular formula is C21H28ClN3O4. The number of piperidine rings is 1. The van der Waals surface area contributed by atoms with Gasteiger partial charge in [0, 0.05) is 18.7 Å². The molecule has 8 heteroatoms. The lowest BCUT2D eigenvalue weighted by Crippen LogP contribution is -2.39. The molecule has 2 aromatic rings. The molecule has 1 fully saturated rings. The van der Waals surface area contributed by atoms with Crippen molar-refractivity contribution in [1.82, 2.24) is 15.0 Å². The van der Waals surface area contributed by atoms with Gasteiger partial charge in [0.2, 0.25) is 5.89 Å². The zero-order valence-corrected chi connectivity index (χ0v) is 18.0. The van der Waals surface area contributed by atoms with Crippen LogP contribution >= 0.6 is 11.6 Å². The monoisotopic (exact) mass is 421 g/mol. The number of halogens is 1. The van der Waals surface area contributed by atoms with Gasteiger partial charge in [0.05, 0.1) is 24.2 Å². The van der Waals surface area contributed by atoms with Crippen LogP contribution in [-0.4, -0.2) is 47.3 Å². The van der Waals surface area contributed by atoms with Crippen LogP contribution in [0.5, 0.6) is 11.5 Å². The van der Waals surface area contributed by atoms with Crippen molar-refractivity contribution in [1.29, 1.82) is 0 Å². The molecule has 0 N–H and O–H groups in total. The third-order valence-electron chi connectivity index (χ3n) is 4.90. The number of likely N-dealkylation sites (tertiary alicyclic amines) is 1. The molecule has 1 aliphatic rings. The summed E-state index contributed by atoms with van der Waals surface area (Å²) in [5.74, 6) is 2.15. The van der Waals surface area contributed by atoms with Gasteiger partial charge in [-0.2, -0.15) is 4.98 Å².